The molecule has 9 heteroatoms. The normalized spacial score (nSPS) is 20.0. The molecule has 2 aliphatic heterocycles. The maximum Gasteiger partial charge on any atom is 0.492 e. The summed E-state index contributed by atoms with van der Waals surface area (Å²) in [7, 11) is -1.04. The van der Waals surface area contributed by atoms with E-state index in [1.54, 1.807) is 19.1 Å². The summed E-state index contributed by atoms with van der Waals surface area (Å²) >= 11 is 0. The number of carbonyl (C=O) groups excluding carboxylic acids is 2. The minimum Gasteiger partial charge on any atom is -0.461 e. The Kier molecular flexibility index (Phi) is 6.71. The van der Waals surface area contributed by atoms with E-state index in [0.29, 0.717) is 43.0 Å². The molecule has 2 aliphatic rings. The van der Waals surface area contributed by atoms with Gasteiger partial charge in [0.15, 0.2) is 0 Å². The van der Waals surface area contributed by atoms with Gasteiger partial charge in [0.05, 0.1) is 26.4 Å². The van der Waals surface area contributed by atoms with Gasteiger partial charge in [-0.2, -0.15) is 0 Å². The third kappa shape index (κ3) is 4.55. The second-order valence-electron chi connectivity index (χ2n) is 7.37. The summed E-state index contributed by atoms with van der Waals surface area (Å²) in [4.78, 5) is 25.3. The van der Waals surface area contributed by atoms with Gasteiger partial charge in [0.1, 0.15) is 18.8 Å². The summed E-state index contributed by atoms with van der Waals surface area (Å²) in [6, 6.07) is 2.64. The molecule has 2 heterocycles. The van der Waals surface area contributed by atoms with Crippen LogP contribution in [0.3, 0.4) is 0 Å². The van der Waals surface area contributed by atoms with Gasteiger partial charge in [-0.05, 0) is 35.5 Å². The molecule has 2 atom stereocenters. The third-order valence-electron chi connectivity index (χ3n) is 5.00. The van der Waals surface area contributed by atoms with E-state index in [0.717, 1.165) is 5.56 Å². The van der Waals surface area contributed by atoms with Crippen LogP contribution in [-0.2, 0) is 30.3 Å². The van der Waals surface area contributed by atoms with Crippen LogP contribution in [0.4, 0.5) is 0 Å². The van der Waals surface area contributed by atoms with Crippen molar-refractivity contribution in [2.45, 2.75) is 39.5 Å². The number of esters is 1. The minimum absolute atomic E-state index is 0.0827. The molecule has 1 saturated heterocycles. The number of hydrogen-bond donors (Lipinski definition) is 2. The number of hydrogen-bond acceptors (Lipinski definition) is 7. The monoisotopic (exact) mass is 391 g/mol. The van der Waals surface area contributed by atoms with Crippen LogP contribution in [0.2, 0.25) is 0 Å². The first-order chi connectivity index (χ1) is 13.4. The van der Waals surface area contributed by atoms with Crippen LogP contribution in [-0.4, -0.2) is 62.6 Å². The van der Waals surface area contributed by atoms with E-state index in [1.807, 2.05) is 13.8 Å². The van der Waals surface area contributed by atoms with Gasteiger partial charge in [0, 0.05) is 5.56 Å². The predicted octanol–water partition coefficient (Wildman–Crippen LogP) is -0.0743. The standard InChI is InChI=1S/C19H26BNO7/c1-11(2)17(19(23)27-10-14-9-25-6-7-26-14)21-18(22)15-5-4-13-8-28-20(24)16(13)12(15)3/h4-5,11,14,17,24H,6-10H2,1-3H3,(H,21,22). The molecule has 0 bridgehead atoms. The molecule has 0 radical (unpaired) electrons. The fourth-order valence-corrected chi connectivity index (χ4v) is 3.37. The average molecular weight is 391 g/mol. The quantitative estimate of drug-likeness (QED) is 0.517. The van der Waals surface area contributed by atoms with Crippen molar-refractivity contribution < 1.29 is 33.5 Å². The second-order valence-corrected chi connectivity index (χ2v) is 7.37. The fraction of sp³-hybridized carbons (Fsp3) is 0.579. The van der Waals surface area contributed by atoms with Crippen LogP contribution >= 0.6 is 0 Å². The minimum atomic E-state index is -1.04. The Labute approximate surface area is 164 Å². The number of benzene rings is 1. The molecule has 0 aliphatic carbocycles. The molecule has 8 nitrogen and oxygen atoms in total. The first kappa shape index (κ1) is 20.8. The van der Waals surface area contributed by atoms with Gasteiger partial charge in [-0.15, -0.1) is 0 Å². The summed E-state index contributed by atoms with van der Waals surface area (Å²) in [5.74, 6) is -1.07. The number of nitrogens with one attached hydrogen (secondary N) is 1. The third-order valence-corrected chi connectivity index (χ3v) is 5.00. The molecule has 152 valence electrons. The summed E-state index contributed by atoms with van der Waals surface area (Å²) in [5.41, 5.74) is 2.51. The molecule has 1 aromatic rings. The van der Waals surface area contributed by atoms with E-state index in [4.69, 9.17) is 18.9 Å². The number of rotatable bonds is 6. The molecule has 2 unspecified atom stereocenters. The SMILES string of the molecule is Cc1c(C(=O)NC(C(=O)OCC2COCCO2)C(C)C)ccc2c1B(O)OC2. The van der Waals surface area contributed by atoms with Crippen molar-refractivity contribution in [3.05, 3.63) is 28.8 Å². The largest absolute Gasteiger partial charge is 0.492 e. The molecule has 28 heavy (non-hydrogen) atoms. The maximum atomic E-state index is 12.8. The molecule has 1 amide bonds. The van der Waals surface area contributed by atoms with Crippen LogP contribution in [0.25, 0.3) is 0 Å². The summed E-state index contributed by atoms with van der Waals surface area (Å²) in [6.07, 6.45) is -0.290. The van der Waals surface area contributed by atoms with Crippen LogP contribution < -0.4 is 10.8 Å². The van der Waals surface area contributed by atoms with Crippen LogP contribution in [0.1, 0.15) is 35.3 Å². The molecule has 0 saturated carbocycles. The predicted molar refractivity (Wildman–Crippen MR) is 101 cm³/mol. The van der Waals surface area contributed by atoms with E-state index in [2.05, 4.69) is 5.32 Å². The Hall–Kier alpha value is -1.94. The Morgan fingerprint density at radius 3 is 2.82 bits per heavy atom. The topological polar surface area (TPSA) is 103 Å². The van der Waals surface area contributed by atoms with Crippen LogP contribution in [0, 0.1) is 12.8 Å². The molecule has 1 aromatic carbocycles. The number of fused-ring (bicyclic) bond motifs is 1. The van der Waals surface area contributed by atoms with Crippen molar-refractivity contribution in [2.75, 3.05) is 26.4 Å². The van der Waals surface area contributed by atoms with Gasteiger partial charge in [-0.25, -0.2) is 4.79 Å². The van der Waals surface area contributed by atoms with Crippen LogP contribution in [0.15, 0.2) is 12.1 Å². The van der Waals surface area contributed by atoms with Crippen molar-refractivity contribution in [3.8, 4) is 0 Å². The Morgan fingerprint density at radius 2 is 2.14 bits per heavy atom. The second kappa shape index (κ2) is 9.04. The van der Waals surface area contributed by atoms with Gasteiger partial charge in [-0.1, -0.05) is 19.9 Å². The van der Waals surface area contributed by atoms with E-state index >= 15 is 0 Å². The number of ether oxygens (including phenoxy) is 3. The summed E-state index contributed by atoms with van der Waals surface area (Å²) in [6.45, 7) is 7.21. The molecule has 2 N–H and O–H groups in total. The fourth-order valence-electron chi connectivity index (χ4n) is 3.37. The lowest BCUT2D eigenvalue weighted by Crippen LogP contribution is -2.47. The molecule has 0 aromatic heterocycles. The van der Waals surface area contributed by atoms with Gasteiger partial charge in [-0.3, -0.25) is 4.79 Å². The molecular formula is C19H26BNO7. The first-order valence-electron chi connectivity index (χ1n) is 9.47. The Bertz CT molecular complexity index is 733. The number of carbonyl (C=O) groups is 2. The highest BCUT2D eigenvalue weighted by Gasteiger charge is 2.33. The van der Waals surface area contributed by atoms with E-state index < -0.39 is 25.0 Å². The smallest absolute Gasteiger partial charge is 0.461 e. The zero-order valence-corrected chi connectivity index (χ0v) is 16.4. The summed E-state index contributed by atoms with van der Waals surface area (Å²) in [5, 5.41) is 12.7. The average Bonchev–Trinajstić information content (AvgIpc) is 3.06. The summed E-state index contributed by atoms with van der Waals surface area (Å²) < 4.78 is 21.3. The lowest BCUT2D eigenvalue weighted by molar-refractivity contribution is -0.158. The zero-order valence-electron chi connectivity index (χ0n) is 16.4. The van der Waals surface area contributed by atoms with Gasteiger partial charge in [0.25, 0.3) is 5.91 Å². The number of amides is 1. The lowest BCUT2D eigenvalue weighted by atomic mass is 9.75. The Morgan fingerprint density at radius 1 is 1.36 bits per heavy atom. The Balaban J connectivity index is 1.66. The first-order valence-corrected chi connectivity index (χ1v) is 9.47. The molecule has 3 rings (SSSR count). The highest BCUT2D eigenvalue weighted by Crippen LogP contribution is 2.17. The van der Waals surface area contributed by atoms with Crippen LogP contribution in [0.5, 0.6) is 0 Å². The molecular weight excluding hydrogens is 365 g/mol. The van der Waals surface area contributed by atoms with Gasteiger partial charge in [0.2, 0.25) is 0 Å². The maximum absolute atomic E-state index is 12.8. The molecule has 1 fully saturated rings. The van der Waals surface area contributed by atoms with E-state index in [-0.39, 0.29) is 18.6 Å². The van der Waals surface area contributed by atoms with Crippen molar-refractivity contribution in [3.63, 3.8) is 0 Å². The van der Waals surface area contributed by atoms with Gasteiger partial charge < -0.3 is 29.2 Å². The van der Waals surface area contributed by atoms with Crippen molar-refractivity contribution in [2.24, 2.45) is 5.92 Å². The molecule has 0 spiro atoms. The van der Waals surface area contributed by atoms with E-state index in [1.165, 1.54) is 0 Å². The lowest BCUT2D eigenvalue weighted by Gasteiger charge is -2.25. The van der Waals surface area contributed by atoms with E-state index in [9.17, 15) is 14.6 Å². The highest BCUT2D eigenvalue weighted by atomic mass is 16.6. The zero-order chi connectivity index (χ0) is 20.3. The highest BCUT2D eigenvalue weighted by molar-refractivity contribution is 6.62. The van der Waals surface area contributed by atoms with Crippen molar-refractivity contribution >= 4 is 24.5 Å². The van der Waals surface area contributed by atoms with Crippen molar-refractivity contribution in [1.29, 1.82) is 0 Å². The van der Waals surface area contributed by atoms with Gasteiger partial charge >= 0.3 is 13.1 Å². The van der Waals surface area contributed by atoms with Crippen molar-refractivity contribution in [1.82, 2.24) is 5.32 Å².